The number of imidazole rings is 1. The normalized spacial score (nSPS) is 11.3. The molecule has 1 amide bonds. The van der Waals surface area contributed by atoms with Gasteiger partial charge in [-0.05, 0) is 74.5 Å². The van der Waals surface area contributed by atoms with Crippen molar-refractivity contribution in [3.05, 3.63) is 77.2 Å². The highest BCUT2D eigenvalue weighted by Crippen LogP contribution is 2.22. The van der Waals surface area contributed by atoms with Gasteiger partial charge in [-0.3, -0.25) is 10.1 Å². The van der Waals surface area contributed by atoms with Crippen LogP contribution in [0.25, 0.3) is 11.0 Å². The fourth-order valence-electron chi connectivity index (χ4n) is 4.09. The second-order valence-corrected chi connectivity index (χ2v) is 8.43. The van der Waals surface area contributed by atoms with E-state index in [9.17, 15) is 4.79 Å². The van der Waals surface area contributed by atoms with E-state index in [1.165, 1.54) is 0 Å². The Morgan fingerprint density at radius 3 is 2.53 bits per heavy atom. The Balaban J connectivity index is 1.47. The minimum atomic E-state index is -0.336. The predicted molar refractivity (Wildman–Crippen MR) is 134 cm³/mol. The fraction of sp³-hybridized carbons (Fsp3) is 0.333. The summed E-state index contributed by atoms with van der Waals surface area (Å²) >= 11 is 0. The third-order valence-electron chi connectivity index (χ3n) is 5.88. The lowest BCUT2D eigenvalue weighted by molar-refractivity contribution is 0.0991. The number of aromatic nitrogens is 2. The van der Waals surface area contributed by atoms with Gasteiger partial charge >= 0.3 is 0 Å². The molecule has 0 aliphatic heterocycles. The van der Waals surface area contributed by atoms with Gasteiger partial charge in [0.25, 0.3) is 5.91 Å². The Bertz CT molecular complexity index is 1250. The molecule has 4 rings (SSSR count). The van der Waals surface area contributed by atoms with Crippen LogP contribution in [0, 0.1) is 13.8 Å². The number of para-hydroxylation sites is 2. The van der Waals surface area contributed by atoms with E-state index in [0.717, 1.165) is 54.1 Å². The number of rotatable bonds is 10. The molecule has 0 fully saturated rings. The molecular formula is C27H32N4O3. The largest absolute Gasteiger partial charge is 0.486 e. The first kappa shape index (κ1) is 23.6. The molecule has 0 aliphatic rings. The zero-order valence-electron chi connectivity index (χ0n) is 20.3. The molecule has 0 unspecified atom stereocenters. The number of hydrogen-bond acceptors (Lipinski definition) is 5. The fourth-order valence-corrected chi connectivity index (χ4v) is 4.09. The molecule has 2 heterocycles. The number of carbonyl (C=O) groups excluding carboxylic acids is 1. The number of hydrogen-bond donors (Lipinski definition) is 1. The van der Waals surface area contributed by atoms with Crippen LogP contribution in [-0.4, -0.2) is 40.0 Å². The molecule has 2 aromatic carbocycles. The maximum atomic E-state index is 13.0. The summed E-state index contributed by atoms with van der Waals surface area (Å²) in [6.45, 7) is 12.2. The standard InChI is InChI=1S/C27H32N4O3/c1-5-30(6-2)13-14-31-24-10-8-7-9-23(24)28-27(31)29-26(32)25-12-11-21(34-25)18-33-22-16-19(3)15-20(4)17-22/h7-12,15-17H,5-6,13-14,18H2,1-4H3,(H,28,29,32). The summed E-state index contributed by atoms with van der Waals surface area (Å²) in [6, 6.07) is 17.4. The average molecular weight is 461 g/mol. The number of anilines is 1. The molecule has 0 spiro atoms. The first-order chi connectivity index (χ1) is 16.5. The van der Waals surface area contributed by atoms with Crippen molar-refractivity contribution in [2.75, 3.05) is 25.0 Å². The number of furan rings is 1. The van der Waals surface area contributed by atoms with Gasteiger partial charge in [0.15, 0.2) is 5.76 Å². The van der Waals surface area contributed by atoms with E-state index >= 15 is 0 Å². The Morgan fingerprint density at radius 2 is 1.79 bits per heavy atom. The molecule has 4 aromatic rings. The van der Waals surface area contributed by atoms with Gasteiger partial charge in [0.1, 0.15) is 18.1 Å². The summed E-state index contributed by atoms with van der Waals surface area (Å²) in [4.78, 5) is 20.0. The van der Waals surface area contributed by atoms with Gasteiger partial charge in [0, 0.05) is 13.1 Å². The number of aryl methyl sites for hydroxylation is 2. The van der Waals surface area contributed by atoms with Crippen LogP contribution in [0.1, 0.15) is 41.3 Å². The molecule has 2 aromatic heterocycles. The van der Waals surface area contributed by atoms with Crippen LogP contribution in [0.5, 0.6) is 5.75 Å². The highest BCUT2D eigenvalue weighted by Gasteiger charge is 2.17. The molecule has 7 heteroatoms. The van der Waals surface area contributed by atoms with Gasteiger partial charge in [-0.2, -0.15) is 0 Å². The zero-order chi connectivity index (χ0) is 24.1. The smallest absolute Gasteiger partial charge is 0.293 e. The first-order valence-corrected chi connectivity index (χ1v) is 11.8. The maximum Gasteiger partial charge on any atom is 0.293 e. The molecule has 0 saturated heterocycles. The van der Waals surface area contributed by atoms with Gasteiger partial charge in [-0.25, -0.2) is 4.98 Å². The van der Waals surface area contributed by atoms with Gasteiger partial charge < -0.3 is 18.6 Å². The summed E-state index contributed by atoms with van der Waals surface area (Å²) in [6.07, 6.45) is 0. The third-order valence-corrected chi connectivity index (χ3v) is 5.88. The minimum Gasteiger partial charge on any atom is -0.486 e. The number of ether oxygens (including phenoxy) is 1. The quantitative estimate of drug-likeness (QED) is 0.342. The molecule has 0 atom stereocenters. The topological polar surface area (TPSA) is 72.5 Å². The number of amides is 1. The average Bonchev–Trinajstić information content (AvgIpc) is 3.43. The Kier molecular flexibility index (Phi) is 7.33. The Morgan fingerprint density at radius 1 is 1.06 bits per heavy atom. The van der Waals surface area contributed by atoms with Crippen LogP contribution in [0.3, 0.4) is 0 Å². The highest BCUT2D eigenvalue weighted by atomic mass is 16.5. The monoisotopic (exact) mass is 460 g/mol. The van der Waals surface area contributed by atoms with Crippen LogP contribution >= 0.6 is 0 Å². The van der Waals surface area contributed by atoms with Crippen LogP contribution < -0.4 is 10.1 Å². The predicted octanol–water partition coefficient (Wildman–Crippen LogP) is 5.42. The number of nitrogens with one attached hydrogen (secondary N) is 1. The van der Waals surface area contributed by atoms with Crippen molar-refractivity contribution in [1.82, 2.24) is 14.5 Å². The summed E-state index contributed by atoms with van der Waals surface area (Å²) in [5.41, 5.74) is 4.11. The summed E-state index contributed by atoms with van der Waals surface area (Å²) < 4.78 is 13.7. The molecule has 7 nitrogen and oxygen atoms in total. The maximum absolute atomic E-state index is 13.0. The Hall–Kier alpha value is -3.58. The first-order valence-electron chi connectivity index (χ1n) is 11.8. The molecule has 178 valence electrons. The van der Waals surface area contributed by atoms with Gasteiger partial charge in [-0.15, -0.1) is 0 Å². The van der Waals surface area contributed by atoms with Crippen LogP contribution in [-0.2, 0) is 13.2 Å². The summed E-state index contributed by atoms with van der Waals surface area (Å²) in [7, 11) is 0. The molecule has 1 N–H and O–H groups in total. The van der Waals surface area contributed by atoms with Crippen molar-refractivity contribution in [2.45, 2.75) is 40.8 Å². The van der Waals surface area contributed by atoms with E-state index in [-0.39, 0.29) is 18.3 Å². The third kappa shape index (κ3) is 5.48. The molecule has 34 heavy (non-hydrogen) atoms. The number of benzene rings is 2. The van der Waals surface area contributed by atoms with Crippen LogP contribution in [0.15, 0.2) is 59.0 Å². The lowest BCUT2D eigenvalue weighted by atomic mass is 10.1. The highest BCUT2D eigenvalue weighted by molar-refractivity contribution is 6.02. The summed E-state index contributed by atoms with van der Waals surface area (Å²) in [5.74, 6) is 1.77. The van der Waals surface area contributed by atoms with Gasteiger partial charge in [-0.1, -0.05) is 32.0 Å². The van der Waals surface area contributed by atoms with Crippen molar-refractivity contribution >= 4 is 22.9 Å². The van der Waals surface area contributed by atoms with Crippen molar-refractivity contribution in [3.63, 3.8) is 0 Å². The van der Waals surface area contributed by atoms with Crippen LogP contribution in [0.4, 0.5) is 5.95 Å². The second-order valence-electron chi connectivity index (χ2n) is 8.43. The Labute approximate surface area is 200 Å². The van der Waals surface area contributed by atoms with Crippen molar-refractivity contribution in [1.29, 1.82) is 0 Å². The molecule has 0 bridgehead atoms. The van der Waals surface area contributed by atoms with E-state index in [0.29, 0.717) is 11.7 Å². The minimum absolute atomic E-state index is 0.223. The number of likely N-dealkylation sites (N-methyl/N-ethyl adjacent to an activating group) is 1. The van der Waals surface area contributed by atoms with Crippen molar-refractivity contribution in [3.8, 4) is 5.75 Å². The van der Waals surface area contributed by atoms with Crippen LogP contribution in [0.2, 0.25) is 0 Å². The number of carbonyl (C=O) groups is 1. The summed E-state index contributed by atoms with van der Waals surface area (Å²) in [5, 5.41) is 2.94. The number of fused-ring (bicyclic) bond motifs is 1. The number of nitrogens with zero attached hydrogens (tertiary/aromatic N) is 3. The van der Waals surface area contributed by atoms with E-state index < -0.39 is 0 Å². The lowest BCUT2D eigenvalue weighted by Gasteiger charge is -2.19. The molecule has 0 saturated carbocycles. The van der Waals surface area contributed by atoms with E-state index in [2.05, 4.69) is 39.7 Å². The van der Waals surface area contributed by atoms with Gasteiger partial charge in [0.2, 0.25) is 5.95 Å². The zero-order valence-corrected chi connectivity index (χ0v) is 20.3. The molecule has 0 radical (unpaired) electrons. The SMILES string of the molecule is CCN(CC)CCn1c(NC(=O)c2ccc(COc3cc(C)cc(C)c3)o2)nc2ccccc21. The lowest BCUT2D eigenvalue weighted by Crippen LogP contribution is -2.27. The molecular weight excluding hydrogens is 428 g/mol. The van der Waals surface area contributed by atoms with E-state index in [1.807, 2.05) is 50.2 Å². The van der Waals surface area contributed by atoms with Crippen molar-refractivity contribution in [2.24, 2.45) is 0 Å². The van der Waals surface area contributed by atoms with Gasteiger partial charge in [0.05, 0.1) is 11.0 Å². The van der Waals surface area contributed by atoms with E-state index in [1.54, 1.807) is 12.1 Å². The van der Waals surface area contributed by atoms with Crippen molar-refractivity contribution < 1.29 is 13.9 Å². The van der Waals surface area contributed by atoms with E-state index in [4.69, 9.17) is 9.15 Å². The molecule has 0 aliphatic carbocycles. The second kappa shape index (κ2) is 10.6.